The molecule has 2 rings (SSSR count). The fourth-order valence-corrected chi connectivity index (χ4v) is 1.67. The van der Waals surface area contributed by atoms with Gasteiger partial charge in [0.1, 0.15) is 12.9 Å². The van der Waals surface area contributed by atoms with Crippen LogP contribution < -0.4 is 4.57 Å². The third-order valence-corrected chi connectivity index (χ3v) is 2.53. The molecule has 0 bridgehead atoms. The number of benzene rings is 1. The number of hydrogen-bond acceptors (Lipinski definition) is 0. The Balaban J connectivity index is 2.64. The number of pyridine rings is 1. The van der Waals surface area contributed by atoms with E-state index in [0.717, 1.165) is 16.8 Å². The normalized spacial score (nSPS) is 10.3. The molecule has 0 atom stereocenters. The summed E-state index contributed by atoms with van der Waals surface area (Å²) in [6.45, 7) is 1.99. The maximum Gasteiger partial charge on any atom is 0.212 e. The van der Waals surface area contributed by atoms with Crippen LogP contribution in [0.5, 0.6) is 0 Å². The smallest absolute Gasteiger partial charge is 0.207 e. The Morgan fingerprint density at radius 1 is 1.13 bits per heavy atom. The molecule has 0 unspecified atom stereocenters. The van der Waals surface area contributed by atoms with Gasteiger partial charge in [-0.25, -0.2) is 8.96 Å². The molecular formula is C13H13FN+. The second-order valence-corrected chi connectivity index (χ2v) is 3.66. The van der Waals surface area contributed by atoms with Crippen LogP contribution in [0.2, 0.25) is 0 Å². The highest BCUT2D eigenvalue weighted by molar-refractivity contribution is 5.60. The van der Waals surface area contributed by atoms with E-state index in [1.807, 2.05) is 42.9 Å². The fraction of sp³-hybridized carbons (Fsp3) is 0.154. The Bertz CT molecular complexity index is 492. The molecule has 0 saturated carbocycles. The summed E-state index contributed by atoms with van der Waals surface area (Å²) < 4.78 is 15.1. The van der Waals surface area contributed by atoms with Crippen LogP contribution in [0.3, 0.4) is 0 Å². The maximum absolute atomic E-state index is 13.2. The topological polar surface area (TPSA) is 3.88 Å². The lowest BCUT2D eigenvalue weighted by Gasteiger charge is -2.03. The molecule has 0 fully saturated rings. The Morgan fingerprint density at radius 3 is 2.67 bits per heavy atom. The van der Waals surface area contributed by atoms with Crippen molar-refractivity contribution in [1.82, 2.24) is 0 Å². The number of halogens is 1. The average molecular weight is 202 g/mol. The van der Waals surface area contributed by atoms with Gasteiger partial charge in [-0.1, -0.05) is 6.07 Å². The lowest BCUT2D eigenvalue weighted by molar-refractivity contribution is -0.660. The molecule has 0 aliphatic rings. The molecule has 0 aliphatic heterocycles. The SMILES string of the molecule is Cc1ccc(F)cc1-c1cccc[n+]1C. The van der Waals surface area contributed by atoms with Crippen LogP contribution in [0.25, 0.3) is 11.3 Å². The Hall–Kier alpha value is -1.70. The second kappa shape index (κ2) is 3.81. The van der Waals surface area contributed by atoms with E-state index in [4.69, 9.17) is 0 Å². The number of nitrogens with zero attached hydrogens (tertiary/aromatic N) is 1. The van der Waals surface area contributed by atoms with E-state index in [1.165, 1.54) is 6.07 Å². The van der Waals surface area contributed by atoms with E-state index >= 15 is 0 Å². The van der Waals surface area contributed by atoms with Gasteiger partial charge in [-0.3, -0.25) is 0 Å². The van der Waals surface area contributed by atoms with Gasteiger partial charge in [0.05, 0.1) is 5.56 Å². The predicted molar refractivity (Wildman–Crippen MR) is 57.7 cm³/mol. The second-order valence-electron chi connectivity index (χ2n) is 3.66. The quantitative estimate of drug-likeness (QED) is 0.626. The molecule has 1 aromatic carbocycles. The van der Waals surface area contributed by atoms with E-state index in [0.29, 0.717) is 0 Å². The van der Waals surface area contributed by atoms with Gasteiger partial charge in [-0.15, -0.1) is 0 Å². The lowest BCUT2D eigenvalue weighted by Crippen LogP contribution is -2.30. The molecule has 0 aliphatic carbocycles. The molecule has 1 nitrogen and oxygen atoms in total. The van der Waals surface area contributed by atoms with Crippen molar-refractivity contribution in [3.05, 3.63) is 54.0 Å². The molecule has 1 heterocycles. The zero-order chi connectivity index (χ0) is 10.8. The first-order valence-electron chi connectivity index (χ1n) is 4.89. The molecule has 0 N–H and O–H groups in total. The minimum absolute atomic E-state index is 0.195. The molecule has 0 amide bonds. The van der Waals surface area contributed by atoms with Gasteiger partial charge in [-0.05, 0) is 30.7 Å². The van der Waals surface area contributed by atoms with Gasteiger partial charge in [-0.2, -0.15) is 0 Å². The predicted octanol–water partition coefficient (Wildman–Crippen LogP) is 2.63. The number of hydrogen-bond donors (Lipinski definition) is 0. The molecule has 76 valence electrons. The van der Waals surface area contributed by atoms with Crippen molar-refractivity contribution in [1.29, 1.82) is 0 Å². The van der Waals surface area contributed by atoms with E-state index in [2.05, 4.69) is 0 Å². The first kappa shape index (κ1) is 9.84. The largest absolute Gasteiger partial charge is 0.212 e. The first-order chi connectivity index (χ1) is 7.18. The molecule has 0 spiro atoms. The highest BCUT2D eigenvalue weighted by atomic mass is 19.1. The monoisotopic (exact) mass is 202 g/mol. The summed E-state index contributed by atoms with van der Waals surface area (Å²) in [5.41, 5.74) is 3.05. The van der Waals surface area contributed by atoms with Crippen molar-refractivity contribution >= 4 is 0 Å². The average Bonchev–Trinajstić information content (AvgIpc) is 2.23. The van der Waals surface area contributed by atoms with Gasteiger partial charge in [0.15, 0.2) is 6.20 Å². The van der Waals surface area contributed by atoms with Gasteiger partial charge in [0.25, 0.3) is 0 Å². The first-order valence-corrected chi connectivity index (χ1v) is 4.89. The van der Waals surface area contributed by atoms with Crippen LogP contribution >= 0.6 is 0 Å². The van der Waals surface area contributed by atoms with Crippen LogP contribution in [0.1, 0.15) is 5.56 Å². The molecule has 2 aromatic rings. The van der Waals surface area contributed by atoms with E-state index in [1.54, 1.807) is 12.1 Å². The molecule has 2 heteroatoms. The van der Waals surface area contributed by atoms with Gasteiger partial charge >= 0.3 is 0 Å². The van der Waals surface area contributed by atoms with Crippen molar-refractivity contribution < 1.29 is 8.96 Å². The Kier molecular flexibility index (Phi) is 2.50. The van der Waals surface area contributed by atoms with Crippen molar-refractivity contribution in [2.24, 2.45) is 7.05 Å². The summed E-state index contributed by atoms with van der Waals surface area (Å²) in [5.74, 6) is -0.195. The summed E-state index contributed by atoms with van der Waals surface area (Å²) >= 11 is 0. The minimum atomic E-state index is -0.195. The molecule has 1 aromatic heterocycles. The van der Waals surface area contributed by atoms with Crippen molar-refractivity contribution in [3.8, 4) is 11.3 Å². The maximum atomic E-state index is 13.2. The fourth-order valence-electron chi connectivity index (χ4n) is 1.67. The van der Waals surface area contributed by atoms with E-state index in [-0.39, 0.29) is 5.82 Å². The van der Waals surface area contributed by atoms with E-state index < -0.39 is 0 Å². The number of rotatable bonds is 1. The standard InChI is InChI=1S/C13H13FN/c1-10-6-7-11(14)9-12(10)13-5-3-4-8-15(13)2/h3-9H,1-2H3/q+1. The molecule has 0 radical (unpaired) electrons. The van der Waals surface area contributed by atoms with Gasteiger partial charge < -0.3 is 0 Å². The van der Waals surface area contributed by atoms with Gasteiger partial charge in [0.2, 0.25) is 5.69 Å². The van der Waals surface area contributed by atoms with Crippen molar-refractivity contribution in [3.63, 3.8) is 0 Å². The third-order valence-electron chi connectivity index (χ3n) is 2.53. The molecule has 0 saturated heterocycles. The lowest BCUT2D eigenvalue weighted by atomic mass is 10.0. The minimum Gasteiger partial charge on any atom is -0.207 e. The summed E-state index contributed by atoms with van der Waals surface area (Å²) in [7, 11) is 1.96. The highest BCUT2D eigenvalue weighted by Gasteiger charge is 2.11. The van der Waals surface area contributed by atoms with Crippen LogP contribution in [-0.4, -0.2) is 0 Å². The van der Waals surface area contributed by atoms with Crippen molar-refractivity contribution in [2.75, 3.05) is 0 Å². The molecular weight excluding hydrogens is 189 g/mol. The third kappa shape index (κ3) is 1.89. The summed E-state index contributed by atoms with van der Waals surface area (Å²) in [4.78, 5) is 0. The van der Waals surface area contributed by atoms with Crippen LogP contribution in [0.4, 0.5) is 4.39 Å². The summed E-state index contributed by atoms with van der Waals surface area (Å²) in [6.07, 6.45) is 1.96. The number of aryl methyl sites for hydroxylation is 2. The Labute approximate surface area is 88.8 Å². The summed E-state index contributed by atoms with van der Waals surface area (Å²) in [5, 5.41) is 0. The van der Waals surface area contributed by atoms with Gasteiger partial charge in [0, 0.05) is 12.1 Å². The van der Waals surface area contributed by atoms with Crippen LogP contribution in [0, 0.1) is 12.7 Å². The number of aromatic nitrogens is 1. The van der Waals surface area contributed by atoms with Crippen molar-refractivity contribution in [2.45, 2.75) is 6.92 Å². The Morgan fingerprint density at radius 2 is 1.93 bits per heavy atom. The van der Waals surface area contributed by atoms with Crippen LogP contribution in [0.15, 0.2) is 42.6 Å². The summed E-state index contributed by atoms with van der Waals surface area (Å²) in [6, 6.07) is 10.8. The zero-order valence-electron chi connectivity index (χ0n) is 8.87. The van der Waals surface area contributed by atoms with Crippen LogP contribution in [-0.2, 0) is 7.05 Å². The highest BCUT2D eigenvalue weighted by Crippen LogP contribution is 2.20. The molecule has 15 heavy (non-hydrogen) atoms. The zero-order valence-corrected chi connectivity index (χ0v) is 8.87. The van der Waals surface area contributed by atoms with E-state index in [9.17, 15) is 4.39 Å².